The SMILES string of the molecule is CC(N)c1cccc(S(=O)(=O)NCC2CC2C)c1. The Balaban J connectivity index is 2.11. The summed E-state index contributed by atoms with van der Waals surface area (Å²) in [5, 5.41) is 0. The Bertz CT molecular complexity index is 526. The van der Waals surface area contributed by atoms with Gasteiger partial charge >= 0.3 is 0 Å². The second-order valence-corrected chi connectivity index (χ2v) is 6.95. The van der Waals surface area contributed by atoms with Crippen molar-refractivity contribution in [2.75, 3.05) is 6.54 Å². The molecule has 1 saturated carbocycles. The van der Waals surface area contributed by atoms with Gasteiger partial charge in [-0.05, 0) is 42.9 Å². The summed E-state index contributed by atoms with van der Waals surface area (Å²) < 4.78 is 26.9. The third kappa shape index (κ3) is 3.10. The molecule has 0 aromatic heterocycles. The van der Waals surface area contributed by atoms with Crippen LogP contribution in [0.4, 0.5) is 0 Å². The molecule has 0 spiro atoms. The molecular weight excluding hydrogens is 248 g/mol. The molecule has 2 rings (SSSR count). The first-order valence-corrected chi connectivity index (χ1v) is 7.73. The molecule has 0 heterocycles. The second-order valence-electron chi connectivity index (χ2n) is 5.19. The van der Waals surface area contributed by atoms with Crippen LogP contribution in [0, 0.1) is 11.8 Å². The minimum absolute atomic E-state index is 0.163. The van der Waals surface area contributed by atoms with E-state index in [0.29, 0.717) is 23.3 Å². The van der Waals surface area contributed by atoms with Gasteiger partial charge in [0, 0.05) is 12.6 Å². The lowest BCUT2D eigenvalue weighted by Crippen LogP contribution is -2.26. The maximum atomic E-state index is 12.1. The van der Waals surface area contributed by atoms with E-state index in [2.05, 4.69) is 11.6 Å². The highest BCUT2D eigenvalue weighted by molar-refractivity contribution is 7.89. The van der Waals surface area contributed by atoms with Gasteiger partial charge in [0.1, 0.15) is 0 Å². The Labute approximate surface area is 109 Å². The fraction of sp³-hybridized carbons (Fsp3) is 0.538. The first-order valence-electron chi connectivity index (χ1n) is 6.25. The van der Waals surface area contributed by atoms with Crippen LogP contribution in [-0.2, 0) is 10.0 Å². The van der Waals surface area contributed by atoms with E-state index >= 15 is 0 Å². The molecule has 3 N–H and O–H groups in total. The lowest BCUT2D eigenvalue weighted by atomic mass is 10.1. The van der Waals surface area contributed by atoms with Crippen molar-refractivity contribution in [1.29, 1.82) is 0 Å². The van der Waals surface area contributed by atoms with E-state index in [1.54, 1.807) is 18.2 Å². The van der Waals surface area contributed by atoms with Crippen molar-refractivity contribution in [3.63, 3.8) is 0 Å². The summed E-state index contributed by atoms with van der Waals surface area (Å²) in [5.41, 5.74) is 6.59. The van der Waals surface area contributed by atoms with Gasteiger partial charge in [-0.3, -0.25) is 0 Å². The third-order valence-corrected chi connectivity index (χ3v) is 4.93. The van der Waals surface area contributed by atoms with Gasteiger partial charge in [-0.1, -0.05) is 19.1 Å². The molecule has 0 radical (unpaired) electrons. The zero-order valence-corrected chi connectivity index (χ0v) is 11.6. The van der Waals surface area contributed by atoms with Crippen LogP contribution in [0.3, 0.4) is 0 Å². The minimum atomic E-state index is -3.40. The quantitative estimate of drug-likeness (QED) is 0.852. The summed E-state index contributed by atoms with van der Waals surface area (Å²) in [5.74, 6) is 1.14. The second kappa shape index (κ2) is 4.99. The monoisotopic (exact) mass is 268 g/mol. The van der Waals surface area contributed by atoms with Gasteiger partial charge in [0.15, 0.2) is 0 Å². The van der Waals surface area contributed by atoms with Crippen LogP contribution in [0.5, 0.6) is 0 Å². The topological polar surface area (TPSA) is 72.2 Å². The Morgan fingerprint density at radius 1 is 1.50 bits per heavy atom. The zero-order chi connectivity index (χ0) is 13.3. The molecule has 4 nitrogen and oxygen atoms in total. The molecule has 1 fully saturated rings. The van der Waals surface area contributed by atoms with Crippen LogP contribution in [0.25, 0.3) is 0 Å². The molecule has 18 heavy (non-hydrogen) atoms. The van der Waals surface area contributed by atoms with Crippen LogP contribution < -0.4 is 10.5 Å². The number of rotatable bonds is 5. The largest absolute Gasteiger partial charge is 0.324 e. The number of nitrogens with two attached hydrogens (primary N) is 1. The summed E-state index contributed by atoms with van der Waals surface area (Å²) in [7, 11) is -3.40. The van der Waals surface area contributed by atoms with Crippen molar-refractivity contribution in [2.24, 2.45) is 17.6 Å². The maximum Gasteiger partial charge on any atom is 0.240 e. The van der Waals surface area contributed by atoms with E-state index in [1.807, 2.05) is 13.0 Å². The van der Waals surface area contributed by atoms with Gasteiger partial charge in [0.2, 0.25) is 10.0 Å². The molecule has 0 saturated heterocycles. The highest BCUT2D eigenvalue weighted by atomic mass is 32.2. The van der Waals surface area contributed by atoms with Crippen LogP contribution in [0.2, 0.25) is 0 Å². The first kappa shape index (κ1) is 13.5. The smallest absolute Gasteiger partial charge is 0.240 e. The summed E-state index contributed by atoms with van der Waals surface area (Å²) >= 11 is 0. The fourth-order valence-corrected chi connectivity index (χ4v) is 3.10. The molecule has 3 unspecified atom stereocenters. The van der Waals surface area contributed by atoms with Crippen molar-refractivity contribution in [3.05, 3.63) is 29.8 Å². The van der Waals surface area contributed by atoms with Crippen LogP contribution in [0.15, 0.2) is 29.2 Å². The lowest BCUT2D eigenvalue weighted by molar-refractivity contribution is 0.574. The van der Waals surface area contributed by atoms with Crippen molar-refractivity contribution in [1.82, 2.24) is 4.72 Å². The van der Waals surface area contributed by atoms with E-state index in [1.165, 1.54) is 0 Å². The summed E-state index contributed by atoms with van der Waals surface area (Å²) in [4.78, 5) is 0.297. The number of nitrogens with one attached hydrogen (secondary N) is 1. The number of sulfonamides is 1. The van der Waals surface area contributed by atoms with Gasteiger partial charge in [0.05, 0.1) is 4.90 Å². The molecule has 0 aliphatic heterocycles. The molecule has 1 aliphatic rings. The van der Waals surface area contributed by atoms with Gasteiger partial charge in [-0.15, -0.1) is 0 Å². The molecule has 100 valence electrons. The highest BCUT2D eigenvalue weighted by Gasteiger charge is 2.33. The van der Waals surface area contributed by atoms with Crippen molar-refractivity contribution in [3.8, 4) is 0 Å². The molecule has 1 aromatic rings. The molecule has 3 atom stereocenters. The average Bonchev–Trinajstić information content (AvgIpc) is 3.03. The lowest BCUT2D eigenvalue weighted by Gasteiger charge is -2.10. The van der Waals surface area contributed by atoms with E-state index in [4.69, 9.17) is 5.73 Å². The van der Waals surface area contributed by atoms with E-state index < -0.39 is 10.0 Å². The van der Waals surface area contributed by atoms with Crippen molar-refractivity contribution >= 4 is 10.0 Å². The average molecular weight is 268 g/mol. The summed E-state index contributed by atoms with van der Waals surface area (Å²) in [6, 6.07) is 6.65. The van der Waals surface area contributed by atoms with Gasteiger partial charge < -0.3 is 5.73 Å². The summed E-state index contributed by atoms with van der Waals surface area (Å²) in [6.45, 7) is 4.51. The third-order valence-electron chi connectivity index (χ3n) is 3.51. The van der Waals surface area contributed by atoms with Crippen LogP contribution in [-0.4, -0.2) is 15.0 Å². The van der Waals surface area contributed by atoms with Crippen LogP contribution in [0.1, 0.15) is 31.9 Å². The van der Waals surface area contributed by atoms with E-state index in [9.17, 15) is 8.42 Å². The molecule has 0 amide bonds. The maximum absolute atomic E-state index is 12.1. The molecule has 1 aliphatic carbocycles. The van der Waals surface area contributed by atoms with E-state index in [-0.39, 0.29) is 6.04 Å². The minimum Gasteiger partial charge on any atom is -0.324 e. The standard InChI is InChI=1S/C13H20N2O2S/c1-9-6-12(9)8-15-18(16,17)13-5-3-4-11(7-13)10(2)14/h3-5,7,9-10,12,15H,6,8,14H2,1-2H3. The highest BCUT2D eigenvalue weighted by Crippen LogP contribution is 2.37. The molecule has 1 aromatic carbocycles. The Morgan fingerprint density at radius 2 is 2.17 bits per heavy atom. The van der Waals surface area contributed by atoms with Crippen molar-refractivity contribution in [2.45, 2.75) is 31.2 Å². The van der Waals surface area contributed by atoms with E-state index in [0.717, 1.165) is 12.0 Å². The predicted molar refractivity (Wildman–Crippen MR) is 71.5 cm³/mol. The van der Waals surface area contributed by atoms with Crippen molar-refractivity contribution < 1.29 is 8.42 Å². The van der Waals surface area contributed by atoms with Gasteiger partial charge in [-0.25, -0.2) is 13.1 Å². The van der Waals surface area contributed by atoms with Gasteiger partial charge in [-0.2, -0.15) is 0 Å². The Hall–Kier alpha value is -0.910. The fourth-order valence-electron chi connectivity index (χ4n) is 1.95. The summed E-state index contributed by atoms with van der Waals surface area (Å²) in [6.07, 6.45) is 1.11. The Kier molecular flexibility index (Phi) is 3.75. The number of hydrogen-bond acceptors (Lipinski definition) is 3. The number of hydrogen-bond donors (Lipinski definition) is 2. The molecule has 5 heteroatoms. The van der Waals surface area contributed by atoms with Gasteiger partial charge in [0.25, 0.3) is 0 Å². The molecule has 0 bridgehead atoms. The first-order chi connectivity index (χ1) is 8.40. The molecular formula is C13H20N2O2S. The zero-order valence-electron chi connectivity index (χ0n) is 10.8. The normalized spacial score (nSPS) is 24.8. The number of benzene rings is 1. The van der Waals surface area contributed by atoms with Crippen LogP contribution >= 0.6 is 0 Å². The predicted octanol–water partition coefficient (Wildman–Crippen LogP) is 1.64. The Morgan fingerprint density at radius 3 is 2.72 bits per heavy atom.